The summed E-state index contributed by atoms with van der Waals surface area (Å²) in [5, 5.41) is 0.487. The van der Waals surface area contributed by atoms with Gasteiger partial charge in [-0.3, -0.25) is 34.9 Å². The Hall–Kier alpha value is -2.67. The normalized spacial score (nSPS) is 22.8. The summed E-state index contributed by atoms with van der Waals surface area (Å²) in [5.41, 5.74) is 4.85. The number of rotatable bonds is 3. The fourth-order valence-electron chi connectivity index (χ4n) is 3.22. The van der Waals surface area contributed by atoms with Gasteiger partial charge in [-0.25, -0.2) is 0 Å². The van der Waals surface area contributed by atoms with Crippen LogP contribution in [0.2, 0.25) is 5.02 Å². The first-order valence-corrected chi connectivity index (χ1v) is 8.65. The number of halogens is 1. The average molecular weight is 376 g/mol. The molecule has 8 heteroatoms. The van der Waals surface area contributed by atoms with Crippen molar-refractivity contribution in [1.82, 2.24) is 15.8 Å². The predicted molar refractivity (Wildman–Crippen MR) is 93.7 cm³/mol. The Bertz CT molecular complexity index is 764. The van der Waals surface area contributed by atoms with E-state index in [1.165, 1.54) is 19.1 Å². The Morgan fingerprint density at radius 3 is 2.12 bits per heavy atom. The van der Waals surface area contributed by atoms with E-state index in [1.54, 1.807) is 12.1 Å². The van der Waals surface area contributed by atoms with Crippen LogP contribution < -0.4 is 10.9 Å². The Morgan fingerprint density at radius 1 is 1.04 bits per heavy atom. The molecule has 3 rings (SSSR count). The first kappa shape index (κ1) is 18.1. The van der Waals surface area contributed by atoms with E-state index < -0.39 is 29.7 Å². The molecule has 26 heavy (non-hydrogen) atoms. The number of carbonyl (C=O) groups is 4. The topological polar surface area (TPSA) is 95.6 Å². The molecule has 2 aliphatic rings. The zero-order valence-electron chi connectivity index (χ0n) is 14.1. The number of hydrogen-bond donors (Lipinski definition) is 2. The molecule has 0 saturated carbocycles. The summed E-state index contributed by atoms with van der Waals surface area (Å²) in [5.74, 6) is -2.63. The van der Waals surface area contributed by atoms with Crippen LogP contribution in [0.3, 0.4) is 0 Å². The molecule has 1 saturated heterocycles. The third-order valence-electron chi connectivity index (χ3n) is 4.71. The van der Waals surface area contributed by atoms with Crippen molar-refractivity contribution < 1.29 is 19.2 Å². The van der Waals surface area contributed by atoms with Crippen molar-refractivity contribution in [2.45, 2.75) is 25.8 Å². The van der Waals surface area contributed by atoms with Crippen LogP contribution in [0.25, 0.3) is 0 Å². The smallest absolute Gasteiger partial charge is 0.269 e. The lowest BCUT2D eigenvalue weighted by molar-refractivity contribution is -0.147. The van der Waals surface area contributed by atoms with Crippen molar-refractivity contribution in [3.05, 3.63) is 47.0 Å². The summed E-state index contributed by atoms with van der Waals surface area (Å²) in [6, 6.07) is 5.12. The Labute approximate surface area is 155 Å². The molecule has 0 aromatic heterocycles. The molecule has 1 aromatic rings. The fraction of sp³-hybridized carbons (Fsp3) is 0.333. The minimum atomic E-state index is -1.01. The van der Waals surface area contributed by atoms with Gasteiger partial charge in [-0.2, -0.15) is 0 Å². The summed E-state index contributed by atoms with van der Waals surface area (Å²) in [7, 11) is 0. The molecule has 7 nitrogen and oxygen atoms in total. The maximum atomic E-state index is 12.5. The number of nitrogens with zero attached hydrogens (tertiary/aromatic N) is 1. The standard InChI is InChI=1S/C18H18ClN3O4/c1-10(22-17(25)13-4-2-3-5-14(13)18(22)26)15(23)20-21-16(24)11-6-8-12(19)9-7-11/h2-3,6-10,13-14H,4-5H2,1H3,(H,20,23)(H,21,24)/t10-,13-,14+/m0/s1. The second-order valence-electron chi connectivity index (χ2n) is 6.33. The molecule has 1 aliphatic heterocycles. The Balaban J connectivity index is 1.61. The lowest BCUT2D eigenvalue weighted by atomic mass is 9.85. The van der Waals surface area contributed by atoms with Crippen LogP contribution in [-0.2, 0) is 14.4 Å². The molecule has 0 radical (unpaired) electrons. The minimum Gasteiger partial charge on any atom is -0.274 e. The molecule has 3 atom stereocenters. The monoisotopic (exact) mass is 375 g/mol. The number of likely N-dealkylation sites (tertiary alicyclic amines) is 1. The van der Waals surface area contributed by atoms with Gasteiger partial charge < -0.3 is 0 Å². The summed E-state index contributed by atoms with van der Waals surface area (Å²) in [4.78, 5) is 50.3. The molecule has 4 amide bonds. The lowest BCUT2D eigenvalue weighted by Gasteiger charge is -2.22. The van der Waals surface area contributed by atoms with E-state index >= 15 is 0 Å². The SMILES string of the molecule is C[C@@H](C(=O)NNC(=O)c1ccc(Cl)cc1)N1C(=O)[C@H]2CC=CC[C@H]2C1=O. The number of imide groups is 1. The predicted octanol–water partition coefficient (Wildman–Crippen LogP) is 1.44. The summed E-state index contributed by atoms with van der Waals surface area (Å²) < 4.78 is 0. The fourth-order valence-corrected chi connectivity index (χ4v) is 3.35. The molecule has 0 bridgehead atoms. The molecule has 1 fully saturated rings. The van der Waals surface area contributed by atoms with E-state index in [4.69, 9.17) is 11.6 Å². The van der Waals surface area contributed by atoms with Crippen molar-refractivity contribution in [2.24, 2.45) is 11.8 Å². The van der Waals surface area contributed by atoms with Gasteiger partial charge >= 0.3 is 0 Å². The highest BCUT2D eigenvalue weighted by molar-refractivity contribution is 6.30. The zero-order valence-corrected chi connectivity index (χ0v) is 14.8. The molecule has 1 aromatic carbocycles. The van der Waals surface area contributed by atoms with E-state index in [0.29, 0.717) is 23.4 Å². The van der Waals surface area contributed by atoms with Crippen molar-refractivity contribution >= 4 is 35.2 Å². The summed E-state index contributed by atoms with van der Waals surface area (Å²) in [6.07, 6.45) is 4.78. The molecule has 0 unspecified atom stereocenters. The van der Waals surface area contributed by atoms with Gasteiger partial charge in [0.2, 0.25) is 11.8 Å². The second kappa shape index (κ2) is 7.29. The van der Waals surface area contributed by atoms with Gasteiger partial charge in [0, 0.05) is 10.6 Å². The highest BCUT2D eigenvalue weighted by atomic mass is 35.5. The zero-order chi connectivity index (χ0) is 18.8. The molecule has 2 N–H and O–H groups in total. The highest BCUT2D eigenvalue weighted by Gasteiger charge is 2.50. The average Bonchev–Trinajstić information content (AvgIpc) is 2.90. The van der Waals surface area contributed by atoms with Crippen LogP contribution in [0, 0.1) is 11.8 Å². The van der Waals surface area contributed by atoms with Crippen molar-refractivity contribution in [1.29, 1.82) is 0 Å². The van der Waals surface area contributed by atoms with E-state index in [1.807, 2.05) is 12.2 Å². The number of benzene rings is 1. The maximum Gasteiger partial charge on any atom is 0.269 e. The van der Waals surface area contributed by atoms with E-state index in [-0.39, 0.29) is 11.8 Å². The maximum absolute atomic E-state index is 12.5. The second-order valence-corrected chi connectivity index (χ2v) is 6.76. The van der Waals surface area contributed by atoms with Gasteiger partial charge in [0.1, 0.15) is 6.04 Å². The van der Waals surface area contributed by atoms with Gasteiger partial charge in [-0.15, -0.1) is 0 Å². The number of hydrogen-bond acceptors (Lipinski definition) is 4. The molecular formula is C18H18ClN3O4. The largest absolute Gasteiger partial charge is 0.274 e. The molecular weight excluding hydrogens is 358 g/mol. The number of nitrogens with one attached hydrogen (secondary N) is 2. The van der Waals surface area contributed by atoms with Crippen molar-refractivity contribution in [2.75, 3.05) is 0 Å². The van der Waals surface area contributed by atoms with Crippen LogP contribution in [0.4, 0.5) is 0 Å². The first-order valence-electron chi connectivity index (χ1n) is 8.28. The Morgan fingerprint density at radius 2 is 1.58 bits per heavy atom. The van der Waals surface area contributed by atoms with E-state index in [9.17, 15) is 19.2 Å². The molecule has 0 spiro atoms. The lowest BCUT2D eigenvalue weighted by Crippen LogP contribution is -2.53. The molecule has 1 heterocycles. The number of amides is 4. The van der Waals surface area contributed by atoms with Crippen LogP contribution in [0.1, 0.15) is 30.1 Å². The minimum absolute atomic E-state index is 0.313. The number of fused-ring (bicyclic) bond motifs is 1. The molecule has 1 aliphatic carbocycles. The van der Waals surface area contributed by atoms with Crippen molar-refractivity contribution in [3.63, 3.8) is 0 Å². The number of carbonyl (C=O) groups excluding carboxylic acids is 4. The number of hydrazine groups is 1. The quantitative estimate of drug-likeness (QED) is 0.474. The van der Waals surface area contributed by atoms with Crippen LogP contribution >= 0.6 is 11.6 Å². The van der Waals surface area contributed by atoms with Gasteiger partial charge in [0.15, 0.2) is 0 Å². The first-order chi connectivity index (χ1) is 12.4. The summed E-state index contributed by atoms with van der Waals surface area (Å²) in [6.45, 7) is 1.46. The van der Waals surface area contributed by atoms with E-state index in [2.05, 4.69) is 10.9 Å². The van der Waals surface area contributed by atoms with Gasteiger partial charge in [0.25, 0.3) is 11.8 Å². The van der Waals surface area contributed by atoms with Gasteiger partial charge in [-0.1, -0.05) is 23.8 Å². The van der Waals surface area contributed by atoms with E-state index in [0.717, 1.165) is 4.90 Å². The van der Waals surface area contributed by atoms with Crippen LogP contribution in [-0.4, -0.2) is 34.6 Å². The van der Waals surface area contributed by atoms with Gasteiger partial charge in [0.05, 0.1) is 11.8 Å². The third-order valence-corrected chi connectivity index (χ3v) is 4.97. The van der Waals surface area contributed by atoms with Crippen molar-refractivity contribution in [3.8, 4) is 0 Å². The van der Waals surface area contributed by atoms with Gasteiger partial charge in [-0.05, 0) is 44.0 Å². The van der Waals surface area contributed by atoms with Crippen LogP contribution in [0.5, 0.6) is 0 Å². The molecule has 136 valence electrons. The third kappa shape index (κ3) is 3.35. The van der Waals surface area contributed by atoms with Crippen LogP contribution in [0.15, 0.2) is 36.4 Å². The summed E-state index contributed by atoms with van der Waals surface area (Å²) >= 11 is 5.76. The Kier molecular flexibility index (Phi) is 5.08. The number of allylic oxidation sites excluding steroid dienone is 2. The highest BCUT2D eigenvalue weighted by Crippen LogP contribution is 2.35.